The molecule has 2 heterocycles. The van der Waals surface area contributed by atoms with Crippen molar-refractivity contribution < 1.29 is 17.8 Å². The van der Waals surface area contributed by atoms with Gasteiger partial charge in [0.1, 0.15) is 0 Å². The quantitative estimate of drug-likeness (QED) is 0.170. The van der Waals surface area contributed by atoms with E-state index < -0.39 is 89.9 Å². The van der Waals surface area contributed by atoms with Crippen LogP contribution < -0.4 is 4.90 Å². The van der Waals surface area contributed by atoms with Crippen molar-refractivity contribution in [3.63, 3.8) is 0 Å². The number of hydrogen-bond donors (Lipinski definition) is 0. The molecule has 10 rings (SSSR count). The zero-order valence-corrected chi connectivity index (χ0v) is 27.6. The minimum Gasteiger partial charge on any atom is -0.310 e. The predicted molar refractivity (Wildman–Crippen MR) is 219 cm³/mol. The lowest BCUT2D eigenvalue weighted by atomic mass is 9.98. The van der Waals surface area contributed by atoms with Gasteiger partial charge < -0.3 is 9.47 Å². The zero-order valence-electron chi connectivity index (χ0n) is 39.8. The first-order chi connectivity index (χ1) is 30.7. The Morgan fingerprint density at radius 3 is 1.86 bits per heavy atom. The van der Waals surface area contributed by atoms with Crippen LogP contribution in [0.4, 0.5) is 17.1 Å². The van der Waals surface area contributed by atoms with Crippen LogP contribution >= 0.6 is 11.3 Å². The topological polar surface area (TPSA) is 8.17 Å². The Labute approximate surface area is 319 Å². The lowest BCUT2D eigenvalue weighted by Gasteiger charge is -2.27. The summed E-state index contributed by atoms with van der Waals surface area (Å²) in [5.74, 6) is 0. The van der Waals surface area contributed by atoms with Gasteiger partial charge in [0.2, 0.25) is 0 Å². The Bertz CT molecular complexity index is 3520. The van der Waals surface area contributed by atoms with Crippen LogP contribution in [0.3, 0.4) is 0 Å². The molecule has 0 aliphatic heterocycles. The molecule has 0 aliphatic rings. The summed E-state index contributed by atoms with van der Waals surface area (Å²) in [6, 6.07) is 28.5. The van der Waals surface area contributed by atoms with Gasteiger partial charge >= 0.3 is 0 Å². The highest BCUT2D eigenvalue weighted by molar-refractivity contribution is 7.26. The standard InChI is InChI=1S/C48H32N2S/c1-3-15-33(16-4-1)34-27-29-36(30-28-34)49(35-17-5-2-6-18-35)37-31-42(48-43(32-37)41-22-10-14-26-47(41)51-48)40-21-9-13-25-46(40)50-44-23-11-7-19-38(44)39-20-8-12-24-45(39)50/h1-32H/i1D,2D,3D,4D,5D,6D,15D,17D,18D,27D,28D,29D,30D. The summed E-state index contributed by atoms with van der Waals surface area (Å²) < 4.78 is 119. The van der Waals surface area contributed by atoms with Gasteiger partial charge in [-0.25, -0.2) is 0 Å². The fourth-order valence-electron chi connectivity index (χ4n) is 6.91. The third-order valence-electron chi connectivity index (χ3n) is 9.10. The molecule has 240 valence electrons. The smallest absolute Gasteiger partial charge is 0.0645 e. The van der Waals surface area contributed by atoms with E-state index in [4.69, 9.17) is 9.60 Å². The van der Waals surface area contributed by atoms with Crippen molar-refractivity contribution in [1.82, 2.24) is 4.57 Å². The Morgan fingerprint density at radius 2 is 1.08 bits per heavy atom. The molecule has 0 saturated heterocycles. The average molecular weight is 682 g/mol. The van der Waals surface area contributed by atoms with E-state index in [-0.39, 0.29) is 16.8 Å². The molecular formula is C48H32N2S. The van der Waals surface area contributed by atoms with Crippen molar-refractivity contribution >= 4 is 70.4 Å². The number of hydrogen-bond acceptors (Lipinski definition) is 2. The summed E-state index contributed by atoms with van der Waals surface area (Å²) in [5, 5.41) is 3.70. The predicted octanol–water partition coefficient (Wildman–Crippen LogP) is 14.0. The first-order valence-electron chi connectivity index (χ1n) is 22.8. The lowest BCUT2D eigenvalue weighted by Crippen LogP contribution is -2.10. The third-order valence-corrected chi connectivity index (χ3v) is 10.3. The van der Waals surface area contributed by atoms with E-state index in [1.807, 2.05) is 72.8 Å². The van der Waals surface area contributed by atoms with Gasteiger partial charge in [-0.1, -0.05) is 133 Å². The van der Waals surface area contributed by atoms with Gasteiger partial charge in [0.15, 0.2) is 0 Å². The van der Waals surface area contributed by atoms with Crippen LogP contribution in [0, 0.1) is 0 Å². The number of aromatic nitrogens is 1. The molecule has 2 nitrogen and oxygen atoms in total. The molecule has 0 N–H and O–H groups in total. The van der Waals surface area contributed by atoms with Gasteiger partial charge in [-0.15, -0.1) is 11.3 Å². The maximum atomic E-state index is 9.55. The van der Waals surface area contributed by atoms with E-state index in [1.165, 1.54) is 4.90 Å². The van der Waals surface area contributed by atoms with E-state index >= 15 is 0 Å². The van der Waals surface area contributed by atoms with E-state index in [0.717, 1.165) is 59.3 Å². The fourth-order valence-corrected chi connectivity index (χ4v) is 8.12. The molecule has 0 atom stereocenters. The number of para-hydroxylation sites is 4. The van der Waals surface area contributed by atoms with Gasteiger partial charge in [0.25, 0.3) is 0 Å². The van der Waals surface area contributed by atoms with Crippen LogP contribution in [0.5, 0.6) is 0 Å². The lowest BCUT2D eigenvalue weighted by molar-refractivity contribution is 1.18. The van der Waals surface area contributed by atoms with Crippen molar-refractivity contribution in [1.29, 1.82) is 0 Å². The third kappa shape index (κ3) is 4.93. The van der Waals surface area contributed by atoms with Gasteiger partial charge in [-0.3, -0.25) is 0 Å². The maximum Gasteiger partial charge on any atom is 0.0645 e. The van der Waals surface area contributed by atoms with Crippen LogP contribution in [0.1, 0.15) is 17.8 Å². The molecule has 0 spiro atoms. The zero-order chi connectivity index (χ0) is 45.0. The number of anilines is 3. The normalized spacial score (nSPS) is 15.1. The molecule has 0 saturated carbocycles. The highest BCUT2D eigenvalue weighted by atomic mass is 32.1. The molecular weight excluding hydrogens is 637 g/mol. The number of rotatable bonds is 6. The molecule has 0 radical (unpaired) electrons. The van der Waals surface area contributed by atoms with Gasteiger partial charge in [0, 0.05) is 59.1 Å². The fraction of sp³-hybridized carbons (Fsp3) is 0. The van der Waals surface area contributed by atoms with Crippen molar-refractivity contribution in [2.45, 2.75) is 0 Å². The molecule has 2 aromatic heterocycles. The molecule has 8 aromatic carbocycles. The summed E-state index contributed by atoms with van der Waals surface area (Å²) in [4.78, 5) is 1.20. The molecule has 0 unspecified atom stereocenters. The van der Waals surface area contributed by atoms with E-state index in [2.05, 4.69) is 28.8 Å². The van der Waals surface area contributed by atoms with Crippen LogP contribution in [0.2, 0.25) is 0 Å². The van der Waals surface area contributed by atoms with Gasteiger partial charge in [0.05, 0.1) is 34.5 Å². The second kappa shape index (κ2) is 12.2. The Balaban J connectivity index is 1.34. The maximum absolute atomic E-state index is 9.55. The van der Waals surface area contributed by atoms with Gasteiger partial charge in [-0.05, 0) is 71.7 Å². The second-order valence-electron chi connectivity index (χ2n) is 12.0. The molecule has 0 aliphatic carbocycles. The molecule has 0 amide bonds. The first-order valence-corrected chi connectivity index (χ1v) is 17.1. The Hall–Kier alpha value is -6.42. The molecule has 3 heteroatoms. The second-order valence-corrected chi connectivity index (χ2v) is 13.0. The number of benzene rings is 8. The summed E-state index contributed by atoms with van der Waals surface area (Å²) in [7, 11) is 0. The van der Waals surface area contributed by atoms with Crippen LogP contribution in [-0.4, -0.2) is 4.57 Å². The van der Waals surface area contributed by atoms with Gasteiger partial charge in [-0.2, -0.15) is 0 Å². The Morgan fingerprint density at radius 1 is 0.451 bits per heavy atom. The van der Waals surface area contributed by atoms with Crippen molar-refractivity contribution in [2.24, 2.45) is 0 Å². The van der Waals surface area contributed by atoms with E-state index in [1.54, 1.807) is 23.5 Å². The van der Waals surface area contributed by atoms with E-state index in [0.29, 0.717) is 5.56 Å². The van der Waals surface area contributed by atoms with Crippen LogP contribution in [0.15, 0.2) is 194 Å². The van der Waals surface area contributed by atoms with Crippen LogP contribution in [0.25, 0.3) is 69.9 Å². The highest BCUT2D eigenvalue weighted by Crippen LogP contribution is 2.47. The molecule has 0 bridgehead atoms. The van der Waals surface area contributed by atoms with Crippen LogP contribution in [-0.2, 0) is 0 Å². The average Bonchev–Trinajstić information content (AvgIpc) is 3.85. The summed E-state index contributed by atoms with van der Waals surface area (Å²) in [6.45, 7) is 0. The number of nitrogens with zero attached hydrogens (tertiary/aromatic N) is 2. The highest BCUT2D eigenvalue weighted by Gasteiger charge is 2.21. The monoisotopic (exact) mass is 681 g/mol. The molecule has 51 heavy (non-hydrogen) atoms. The summed E-state index contributed by atoms with van der Waals surface area (Å²) in [5.41, 5.74) is 2.92. The van der Waals surface area contributed by atoms with E-state index in [9.17, 15) is 8.22 Å². The summed E-state index contributed by atoms with van der Waals surface area (Å²) in [6.07, 6.45) is 0. The number of thiophene rings is 1. The van der Waals surface area contributed by atoms with Crippen molar-refractivity contribution in [3.05, 3.63) is 194 Å². The van der Waals surface area contributed by atoms with Crippen molar-refractivity contribution in [3.8, 4) is 27.9 Å². The number of fused-ring (bicyclic) bond motifs is 6. The summed E-state index contributed by atoms with van der Waals surface area (Å²) >= 11 is 1.55. The SMILES string of the molecule is [2H]c1cc(-c2c([2H])c([2H])c(N(c3cc(-c4ccccc4-n4c5ccccc5c5ccccc54)c4sc5ccccc5c4c3)c3c([2H])c([2H])c([2H])c([2H])c3[2H])c([2H])c2[2H])c([2H])c([2H])c1[2H]. The largest absolute Gasteiger partial charge is 0.310 e. The Kier molecular flexibility index (Phi) is 4.56. The minimum atomic E-state index is -0.674. The minimum absolute atomic E-state index is 0.178. The van der Waals surface area contributed by atoms with Crippen molar-refractivity contribution in [2.75, 3.05) is 4.90 Å². The molecule has 0 fully saturated rings. The molecule has 10 aromatic rings. The first kappa shape index (κ1) is 19.1.